The van der Waals surface area contributed by atoms with Gasteiger partial charge in [-0.2, -0.15) is 0 Å². The van der Waals surface area contributed by atoms with Crippen LogP contribution in [0.3, 0.4) is 0 Å². The molecule has 7 nitrogen and oxygen atoms in total. The SMILES string of the molecule is COC(=O)CNC(=O)CSc1nncn1-c1ccccc1C. The number of hydrogen-bond acceptors (Lipinski definition) is 6. The van der Waals surface area contributed by atoms with Gasteiger partial charge < -0.3 is 10.1 Å². The highest BCUT2D eigenvalue weighted by Gasteiger charge is 2.12. The number of hydrogen-bond donors (Lipinski definition) is 1. The summed E-state index contributed by atoms with van der Waals surface area (Å²) in [5.41, 5.74) is 2.05. The third kappa shape index (κ3) is 4.08. The molecule has 0 aliphatic rings. The van der Waals surface area contributed by atoms with Crippen LogP contribution in [0, 0.1) is 6.92 Å². The first kappa shape index (κ1) is 16.0. The molecule has 1 aromatic carbocycles. The fraction of sp³-hybridized carbons (Fsp3) is 0.286. The Morgan fingerprint density at radius 3 is 2.86 bits per heavy atom. The summed E-state index contributed by atoms with van der Waals surface area (Å²) < 4.78 is 6.28. The van der Waals surface area contributed by atoms with E-state index in [-0.39, 0.29) is 18.2 Å². The van der Waals surface area contributed by atoms with Crippen molar-refractivity contribution in [2.45, 2.75) is 12.1 Å². The number of carbonyl (C=O) groups is 2. The number of aromatic nitrogens is 3. The Bertz CT molecular complexity index is 672. The maximum Gasteiger partial charge on any atom is 0.325 e. The van der Waals surface area contributed by atoms with Crippen molar-refractivity contribution in [1.29, 1.82) is 0 Å². The number of ether oxygens (including phenoxy) is 1. The van der Waals surface area contributed by atoms with E-state index in [4.69, 9.17) is 0 Å². The second kappa shape index (κ2) is 7.60. The van der Waals surface area contributed by atoms with Gasteiger partial charge in [-0.25, -0.2) is 0 Å². The van der Waals surface area contributed by atoms with Gasteiger partial charge in [0.15, 0.2) is 5.16 Å². The molecule has 8 heteroatoms. The smallest absolute Gasteiger partial charge is 0.325 e. The molecule has 2 rings (SSSR count). The lowest BCUT2D eigenvalue weighted by Crippen LogP contribution is -2.31. The van der Waals surface area contributed by atoms with Gasteiger partial charge in [-0.15, -0.1) is 10.2 Å². The number of esters is 1. The van der Waals surface area contributed by atoms with E-state index < -0.39 is 5.97 Å². The molecule has 0 bridgehead atoms. The van der Waals surface area contributed by atoms with E-state index in [1.54, 1.807) is 6.33 Å². The Hall–Kier alpha value is -2.35. The van der Waals surface area contributed by atoms with E-state index >= 15 is 0 Å². The van der Waals surface area contributed by atoms with Crippen molar-refractivity contribution in [3.63, 3.8) is 0 Å². The molecule has 0 spiro atoms. The summed E-state index contributed by atoms with van der Waals surface area (Å²) in [6.07, 6.45) is 1.61. The van der Waals surface area contributed by atoms with Crippen molar-refractivity contribution in [3.05, 3.63) is 36.2 Å². The first-order chi connectivity index (χ1) is 10.6. The average molecular weight is 320 g/mol. The van der Waals surface area contributed by atoms with Gasteiger partial charge in [-0.3, -0.25) is 14.2 Å². The standard InChI is InChI=1S/C14H16N4O3S/c1-10-5-3-4-6-11(10)18-9-16-17-14(18)22-8-12(19)15-7-13(20)21-2/h3-6,9H,7-8H2,1-2H3,(H,15,19). The lowest BCUT2D eigenvalue weighted by molar-refractivity contribution is -0.140. The molecule has 1 aromatic heterocycles. The van der Waals surface area contributed by atoms with E-state index in [0.29, 0.717) is 5.16 Å². The Balaban J connectivity index is 1.98. The second-order valence-corrected chi connectivity index (χ2v) is 5.35. The maximum absolute atomic E-state index is 11.7. The lowest BCUT2D eigenvalue weighted by atomic mass is 10.2. The predicted octanol–water partition coefficient (Wildman–Crippen LogP) is 0.957. The summed E-state index contributed by atoms with van der Waals surface area (Å²) >= 11 is 1.25. The molecule has 0 aliphatic heterocycles. The fourth-order valence-electron chi connectivity index (χ4n) is 1.75. The largest absolute Gasteiger partial charge is 0.468 e. The molecule has 0 saturated heterocycles. The number of amides is 1. The highest BCUT2D eigenvalue weighted by Crippen LogP contribution is 2.21. The molecule has 0 radical (unpaired) electrons. The van der Waals surface area contributed by atoms with Crippen LogP contribution < -0.4 is 5.32 Å². The first-order valence-corrected chi connectivity index (χ1v) is 7.52. The zero-order chi connectivity index (χ0) is 15.9. The Labute approximate surface area is 132 Å². The Kier molecular flexibility index (Phi) is 5.54. The molecular weight excluding hydrogens is 304 g/mol. The number of nitrogens with one attached hydrogen (secondary N) is 1. The van der Waals surface area contributed by atoms with Crippen LogP contribution in [0.4, 0.5) is 0 Å². The minimum absolute atomic E-state index is 0.139. The van der Waals surface area contributed by atoms with Gasteiger partial charge in [0.05, 0.1) is 18.6 Å². The number of para-hydroxylation sites is 1. The summed E-state index contributed by atoms with van der Waals surface area (Å²) in [6, 6.07) is 7.84. The van der Waals surface area contributed by atoms with Gasteiger partial charge in [0.1, 0.15) is 12.9 Å². The van der Waals surface area contributed by atoms with Crippen LogP contribution in [0.15, 0.2) is 35.7 Å². The molecule has 1 heterocycles. The molecule has 0 unspecified atom stereocenters. The van der Waals surface area contributed by atoms with Crippen molar-refractivity contribution < 1.29 is 14.3 Å². The topological polar surface area (TPSA) is 86.1 Å². The lowest BCUT2D eigenvalue weighted by Gasteiger charge is -2.09. The van der Waals surface area contributed by atoms with Crippen molar-refractivity contribution in [3.8, 4) is 5.69 Å². The number of nitrogens with zero attached hydrogens (tertiary/aromatic N) is 3. The number of benzene rings is 1. The minimum atomic E-state index is -0.485. The summed E-state index contributed by atoms with van der Waals surface area (Å²) in [5, 5.41) is 11.0. The van der Waals surface area contributed by atoms with Crippen LogP contribution in [-0.4, -0.2) is 46.0 Å². The Morgan fingerprint density at radius 1 is 1.36 bits per heavy atom. The zero-order valence-corrected chi connectivity index (χ0v) is 13.1. The third-order valence-corrected chi connectivity index (χ3v) is 3.82. The molecule has 1 N–H and O–H groups in total. The van der Waals surface area contributed by atoms with E-state index in [1.807, 2.05) is 35.8 Å². The van der Waals surface area contributed by atoms with Crippen LogP contribution in [0.1, 0.15) is 5.56 Å². The van der Waals surface area contributed by atoms with Gasteiger partial charge in [0.25, 0.3) is 0 Å². The number of rotatable bonds is 6. The summed E-state index contributed by atoms with van der Waals surface area (Å²) in [7, 11) is 1.27. The molecule has 22 heavy (non-hydrogen) atoms. The molecule has 0 fully saturated rings. The Morgan fingerprint density at radius 2 is 2.14 bits per heavy atom. The van der Waals surface area contributed by atoms with Crippen LogP contribution in [0.25, 0.3) is 5.69 Å². The van der Waals surface area contributed by atoms with Crippen molar-refractivity contribution in [2.75, 3.05) is 19.4 Å². The minimum Gasteiger partial charge on any atom is -0.468 e. The van der Waals surface area contributed by atoms with Gasteiger partial charge in [-0.05, 0) is 18.6 Å². The average Bonchev–Trinajstić information content (AvgIpc) is 2.99. The number of aryl methyl sites for hydroxylation is 1. The van der Waals surface area contributed by atoms with Gasteiger partial charge in [0, 0.05) is 0 Å². The summed E-state index contributed by atoms with van der Waals surface area (Å²) in [4.78, 5) is 22.6. The van der Waals surface area contributed by atoms with Crippen LogP contribution in [0.5, 0.6) is 0 Å². The normalized spacial score (nSPS) is 10.3. The highest BCUT2D eigenvalue weighted by molar-refractivity contribution is 7.99. The molecular formula is C14H16N4O3S. The van der Waals surface area contributed by atoms with E-state index in [1.165, 1.54) is 18.9 Å². The van der Waals surface area contributed by atoms with Crippen molar-refractivity contribution >= 4 is 23.6 Å². The van der Waals surface area contributed by atoms with E-state index in [2.05, 4.69) is 20.3 Å². The van der Waals surface area contributed by atoms with Crippen LogP contribution in [-0.2, 0) is 14.3 Å². The van der Waals surface area contributed by atoms with Crippen molar-refractivity contribution in [2.24, 2.45) is 0 Å². The first-order valence-electron chi connectivity index (χ1n) is 6.54. The summed E-state index contributed by atoms with van der Waals surface area (Å²) in [5.74, 6) is -0.613. The van der Waals surface area contributed by atoms with Crippen LogP contribution >= 0.6 is 11.8 Å². The predicted molar refractivity (Wildman–Crippen MR) is 81.8 cm³/mol. The zero-order valence-electron chi connectivity index (χ0n) is 12.3. The molecule has 116 valence electrons. The molecule has 1 amide bonds. The second-order valence-electron chi connectivity index (χ2n) is 4.41. The maximum atomic E-state index is 11.7. The van der Waals surface area contributed by atoms with Crippen molar-refractivity contribution in [1.82, 2.24) is 20.1 Å². The van der Waals surface area contributed by atoms with Gasteiger partial charge in [0.2, 0.25) is 5.91 Å². The number of thioether (sulfide) groups is 1. The molecule has 0 saturated carbocycles. The van der Waals surface area contributed by atoms with E-state index in [0.717, 1.165) is 11.3 Å². The van der Waals surface area contributed by atoms with Crippen LogP contribution in [0.2, 0.25) is 0 Å². The highest BCUT2D eigenvalue weighted by atomic mass is 32.2. The molecule has 2 aromatic rings. The molecule has 0 aliphatic carbocycles. The van der Waals surface area contributed by atoms with E-state index in [9.17, 15) is 9.59 Å². The van der Waals surface area contributed by atoms with Gasteiger partial charge in [-0.1, -0.05) is 30.0 Å². The molecule has 0 atom stereocenters. The fourth-order valence-corrected chi connectivity index (χ4v) is 2.50. The third-order valence-electron chi connectivity index (χ3n) is 2.88. The number of carbonyl (C=O) groups excluding carboxylic acids is 2. The quantitative estimate of drug-likeness (QED) is 0.630. The monoisotopic (exact) mass is 320 g/mol. The van der Waals surface area contributed by atoms with Gasteiger partial charge >= 0.3 is 5.97 Å². The number of methoxy groups -OCH3 is 1. The summed E-state index contributed by atoms with van der Waals surface area (Å²) in [6.45, 7) is 1.85.